The van der Waals surface area contributed by atoms with Gasteiger partial charge in [0.25, 0.3) is 5.91 Å². The largest absolute Gasteiger partial charge is 0.388 e. The molecule has 1 fully saturated rings. The lowest BCUT2D eigenvalue weighted by Crippen LogP contribution is -2.34. The summed E-state index contributed by atoms with van der Waals surface area (Å²) in [5, 5.41) is 2.94. The molecule has 0 radical (unpaired) electrons. The molecule has 1 amide bonds. The predicted molar refractivity (Wildman–Crippen MR) is 73.0 cm³/mol. The quantitative estimate of drug-likeness (QED) is 0.849. The minimum atomic E-state index is -3.01. The van der Waals surface area contributed by atoms with Crippen molar-refractivity contribution in [2.75, 3.05) is 37.0 Å². The first-order valence-electron chi connectivity index (χ1n) is 6.15. The van der Waals surface area contributed by atoms with E-state index in [1.165, 1.54) is 0 Å². The van der Waals surface area contributed by atoms with Crippen LogP contribution in [-0.2, 0) is 9.84 Å². The number of hydrogen-bond acceptors (Lipinski definition) is 5. The number of amides is 1. The Morgan fingerprint density at radius 3 is 2.89 bits per heavy atom. The van der Waals surface area contributed by atoms with Gasteiger partial charge in [-0.3, -0.25) is 9.78 Å². The van der Waals surface area contributed by atoms with Gasteiger partial charge in [-0.25, -0.2) is 8.42 Å². The van der Waals surface area contributed by atoms with E-state index in [1.807, 2.05) is 0 Å². The summed E-state index contributed by atoms with van der Waals surface area (Å²) in [6.45, 7) is 0.705. The number of hydrogen-bond donors (Lipinski definition) is 1. The smallest absolute Gasteiger partial charge is 0.272 e. The van der Waals surface area contributed by atoms with Crippen LogP contribution >= 0.6 is 0 Å². The molecule has 0 bridgehead atoms. The zero-order valence-corrected chi connectivity index (χ0v) is 11.6. The van der Waals surface area contributed by atoms with Crippen molar-refractivity contribution >= 4 is 21.4 Å². The molecule has 1 N–H and O–H groups in total. The van der Waals surface area contributed by atoms with E-state index < -0.39 is 9.84 Å². The minimum Gasteiger partial charge on any atom is -0.388 e. The molecular weight excluding hydrogens is 266 g/mol. The van der Waals surface area contributed by atoms with Gasteiger partial charge in [0, 0.05) is 32.0 Å². The van der Waals surface area contributed by atoms with E-state index in [-0.39, 0.29) is 24.0 Å². The Labute approximate surface area is 112 Å². The number of nitrogens with zero attached hydrogens (tertiary/aromatic N) is 2. The van der Waals surface area contributed by atoms with Crippen molar-refractivity contribution in [2.45, 2.75) is 6.42 Å². The third kappa shape index (κ3) is 3.44. The molecule has 0 atom stereocenters. The summed E-state index contributed by atoms with van der Waals surface area (Å²) < 4.78 is 23.0. The summed E-state index contributed by atoms with van der Waals surface area (Å²) in [6.07, 6.45) is 2.05. The summed E-state index contributed by atoms with van der Waals surface area (Å²) >= 11 is 0. The van der Waals surface area contributed by atoms with Crippen LogP contribution in [0.5, 0.6) is 0 Å². The molecule has 19 heavy (non-hydrogen) atoms. The highest BCUT2D eigenvalue weighted by Gasteiger charge is 2.24. The molecule has 1 saturated heterocycles. The van der Waals surface area contributed by atoms with E-state index in [2.05, 4.69) is 10.3 Å². The third-order valence-electron chi connectivity index (χ3n) is 3.11. The maximum Gasteiger partial charge on any atom is 0.272 e. The van der Waals surface area contributed by atoms with Crippen LogP contribution in [0.3, 0.4) is 0 Å². The number of sulfone groups is 1. The molecule has 1 aliphatic rings. The Bertz CT molecular complexity index is 571. The van der Waals surface area contributed by atoms with Crippen LogP contribution < -0.4 is 5.32 Å². The van der Waals surface area contributed by atoms with Crippen LogP contribution in [-0.4, -0.2) is 55.9 Å². The second-order valence-electron chi connectivity index (χ2n) is 4.48. The standard InChI is InChI=1S/C12H17N3O3S/c1-13-10-3-4-14-11(9-10)12(16)15-5-2-7-19(17,18)8-6-15/h3-4,9H,2,5-8H2,1H3,(H,13,14). The Hall–Kier alpha value is -1.63. The highest BCUT2D eigenvalue weighted by molar-refractivity contribution is 7.91. The van der Waals surface area contributed by atoms with Gasteiger partial charge in [-0.1, -0.05) is 0 Å². The molecule has 6 nitrogen and oxygen atoms in total. The molecule has 2 heterocycles. The lowest BCUT2D eigenvalue weighted by molar-refractivity contribution is 0.0762. The zero-order valence-electron chi connectivity index (χ0n) is 10.8. The van der Waals surface area contributed by atoms with Crippen molar-refractivity contribution in [3.63, 3.8) is 0 Å². The predicted octanol–water partition coefficient (Wildman–Crippen LogP) is 0.384. The fraction of sp³-hybridized carbons (Fsp3) is 0.500. The number of carbonyl (C=O) groups excluding carboxylic acids is 1. The first-order chi connectivity index (χ1) is 9.02. The maximum absolute atomic E-state index is 12.3. The molecule has 2 rings (SSSR count). The minimum absolute atomic E-state index is 0.0322. The highest BCUT2D eigenvalue weighted by atomic mass is 32.2. The van der Waals surface area contributed by atoms with E-state index in [4.69, 9.17) is 0 Å². The molecule has 1 aromatic heterocycles. The van der Waals surface area contributed by atoms with Crippen molar-refractivity contribution < 1.29 is 13.2 Å². The number of pyridine rings is 1. The zero-order chi connectivity index (χ0) is 13.9. The topological polar surface area (TPSA) is 79.4 Å². The second kappa shape index (κ2) is 5.56. The fourth-order valence-electron chi connectivity index (χ4n) is 2.01. The Morgan fingerprint density at radius 2 is 2.16 bits per heavy atom. The summed E-state index contributed by atoms with van der Waals surface area (Å²) in [5.41, 5.74) is 1.15. The van der Waals surface area contributed by atoms with Gasteiger partial charge < -0.3 is 10.2 Å². The average molecular weight is 283 g/mol. The molecule has 1 aliphatic heterocycles. The number of rotatable bonds is 2. The summed E-state index contributed by atoms with van der Waals surface area (Å²) in [6, 6.07) is 3.44. The van der Waals surface area contributed by atoms with E-state index >= 15 is 0 Å². The van der Waals surface area contributed by atoms with Gasteiger partial charge in [-0.2, -0.15) is 0 Å². The third-order valence-corrected chi connectivity index (χ3v) is 4.83. The molecule has 0 unspecified atom stereocenters. The summed E-state index contributed by atoms with van der Waals surface area (Å²) in [7, 11) is -1.24. The Morgan fingerprint density at radius 1 is 1.37 bits per heavy atom. The van der Waals surface area contributed by atoms with Crippen molar-refractivity contribution in [3.05, 3.63) is 24.0 Å². The van der Waals surface area contributed by atoms with Crippen LogP contribution in [0.2, 0.25) is 0 Å². The van der Waals surface area contributed by atoms with Gasteiger partial charge >= 0.3 is 0 Å². The first kappa shape index (κ1) is 13.8. The number of aromatic nitrogens is 1. The second-order valence-corrected chi connectivity index (χ2v) is 6.78. The molecule has 7 heteroatoms. The number of anilines is 1. The Kier molecular flexibility index (Phi) is 4.04. The van der Waals surface area contributed by atoms with Gasteiger partial charge in [-0.05, 0) is 18.6 Å². The molecule has 1 aromatic rings. The van der Waals surface area contributed by atoms with Crippen molar-refractivity contribution in [2.24, 2.45) is 0 Å². The lowest BCUT2D eigenvalue weighted by Gasteiger charge is -2.19. The molecule has 104 valence electrons. The Balaban J connectivity index is 2.14. The first-order valence-corrected chi connectivity index (χ1v) is 7.97. The van der Waals surface area contributed by atoms with Gasteiger partial charge in [0.15, 0.2) is 9.84 Å². The normalized spacial score (nSPS) is 18.7. The van der Waals surface area contributed by atoms with Crippen LogP contribution in [0.25, 0.3) is 0 Å². The molecule has 0 saturated carbocycles. The van der Waals surface area contributed by atoms with Crippen molar-refractivity contribution in [1.29, 1.82) is 0 Å². The molecule has 0 aliphatic carbocycles. The van der Waals surface area contributed by atoms with Gasteiger partial charge in [-0.15, -0.1) is 0 Å². The SMILES string of the molecule is CNc1ccnc(C(=O)N2CCCS(=O)(=O)CC2)c1. The average Bonchev–Trinajstić information content (AvgIpc) is 2.59. The van der Waals surface area contributed by atoms with E-state index in [0.717, 1.165) is 5.69 Å². The summed E-state index contributed by atoms with van der Waals surface area (Å²) in [5.74, 6) is -0.0280. The highest BCUT2D eigenvalue weighted by Crippen LogP contribution is 2.12. The van der Waals surface area contributed by atoms with Crippen LogP contribution in [0, 0.1) is 0 Å². The van der Waals surface area contributed by atoms with E-state index in [1.54, 1.807) is 30.3 Å². The molecule has 0 aromatic carbocycles. The van der Waals surface area contributed by atoms with Crippen LogP contribution in [0.4, 0.5) is 5.69 Å². The van der Waals surface area contributed by atoms with Gasteiger partial charge in [0.2, 0.25) is 0 Å². The fourth-order valence-corrected chi connectivity index (χ4v) is 3.28. The monoisotopic (exact) mass is 283 g/mol. The number of carbonyl (C=O) groups is 1. The van der Waals surface area contributed by atoms with Gasteiger partial charge in [0.1, 0.15) is 5.69 Å². The summed E-state index contributed by atoms with van der Waals surface area (Å²) in [4.78, 5) is 17.9. The molecular formula is C12H17N3O3S. The van der Waals surface area contributed by atoms with Crippen LogP contribution in [0.1, 0.15) is 16.9 Å². The van der Waals surface area contributed by atoms with Crippen molar-refractivity contribution in [3.8, 4) is 0 Å². The van der Waals surface area contributed by atoms with Crippen LogP contribution in [0.15, 0.2) is 18.3 Å². The molecule has 0 spiro atoms. The van der Waals surface area contributed by atoms with Crippen molar-refractivity contribution in [1.82, 2.24) is 9.88 Å². The van der Waals surface area contributed by atoms with E-state index in [9.17, 15) is 13.2 Å². The lowest BCUT2D eigenvalue weighted by atomic mass is 10.2. The number of nitrogens with one attached hydrogen (secondary N) is 1. The van der Waals surface area contributed by atoms with Gasteiger partial charge in [0.05, 0.1) is 11.5 Å². The van der Waals surface area contributed by atoms with E-state index in [0.29, 0.717) is 18.7 Å². The maximum atomic E-state index is 12.3.